The van der Waals surface area contributed by atoms with Crippen molar-refractivity contribution < 1.29 is 5.11 Å². The number of aliphatic hydroxyl groups is 1. The van der Waals surface area contributed by atoms with E-state index in [1.165, 1.54) is 37.1 Å². The zero-order valence-electron chi connectivity index (χ0n) is 18.1. The number of hydrogen-bond donors (Lipinski definition) is 1. The first-order valence-corrected chi connectivity index (χ1v) is 11.1. The van der Waals surface area contributed by atoms with E-state index in [9.17, 15) is 5.11 Å². The van der Waals surface area contributed by atoms with Crippen molar-refractivity contribution in [2.45, 2.75) is 58.2 Å². The van der Waals surface area contributed by atoms with Gasteiger partial charge in [0.2, 0.25) is 0 Å². The van der Waals surface area contributed by atoms with Gasteiger partial charge in [-0.25, -0.2) is 0 Å². The maximum atomic E-state index is 9.65. The maximum absolute atomic E-state index is 9.65. The second-order valence-electron chi connectivity index (χ2n) is 8.90. The van der Waals surface area contributed by atoms with Crippen LogP contribution in [-0.4, -0.2) is 83.8 Å². The van der Waals surface area contributed by atoms with Crippen molar-refractivity contribution in [3.63, 3.8) is 0 Å². The Kier molecular flexibility index (Phi) is 8.10. The molecule has 28 heavy (non-hydrogen) atoms. The number of aliphatic hydroxyl groups excluding tert-OH is 1. The summed E-state index contributed by atoms with van der Waals surface area (Å²) in [5.41, 5.74) is 2.69. The third-order valence-electron chi connectivity index (χ3n) is 6.46. The molecule has 0 aliphatic carbocycles. The molecule has 0 saturated carbocycles. The van der Waals surface area contributed by atoms with Gasteiger partial charge in [0.25, 0.3) is 0 Å². The van der Waals surface area contributed by atoms with Gasteiger partial charge >= 0.3 is 0 Å². The topological polar surface area (TPSA) is 30.0 Å². The van der Waals surface area contributed by atoms with E-state index in [4.69, 9.17) is 0 Å². The van der Waals surface area contributed by atoms with Crippen LogP contribution in [0.4, 0.5) is 0 Å². The van der Waals surface area contributed by atoms with E-state index in [1.807, 2.05) is 0 Å². The van der Waals surface area contributed by atoms with Crippen LogP contribution >= 0.6 is 0 Å². The molecule has 2 heterocycles. The Morgan fingerprint density at radius 2 is 1.82 bits per heavy atom. The third-order valence-corrected chi connectivity index (χ3v) is 6.46. The van der Waals surface area contributed by atoms with Gasteiger partial charge in [0.15, 0.2) is 0 Å². The van der Waals surface area contributed by atoms with Crippen molar-refractivity contribution in [2.24, 2.45) is 0 Å². The van der Waals surface area contributed by atoms with Gasteiger partial charge in [0, 0.05) is 50.9 Å². The molecule has 4 heteroatoms. The molecular weight excluding hydrogens is 346 g/mol. The lowest BCUT2D eigenvalue weighted by atomic mass is 9.97. The second-order valence-corrected chi connectivity index (χ2v) is 8.90. The van der Waals surface area contributed by atoms with Crippen molar-refractivity contribution in [2.75, 3.05) is 45.9 Å². The molecule has 1 aromatic carbocycles. The molecule has 1 aromatic rings. The summed E-state index contributed by atoms with van der Waals surface area (Å²) in [6.07, 6.45) is 5.73. The summed E-state index contributed by atoms with van der Waals surface area (Å²) in [6.45, 7) is 13.9. The number of piperidine rings is 1. The van der Waals surface area contributed by atoms with E-state index in [1.54, 1.807) is 0 Å². The van der Waals surface area contributed by atoms with Crippen LogP contribution in [0, 0.1) is 0 Å². The molecule has 2 saturated heterocycles. The van der Waals surface area contributed by atoms with Crippen LogP contribution in [0.15, 0.2) is 35.9 Å². The van der Waals surface area contributed by atoms with Gasteiger partial charge in [-0.2, -0.15) is 0 Å². The molecule has 0 bridgehead atoms. The molecule has 0 aromatic heterocycles. The van der Waals surface area contributed by atoms with E-state index in [0.29, 0.717) is 24.7 Å². The molecule has 2 aliphatic rings. The monoisotopic (exact) mass is 385 g/mol. The molecule has 1 N–H and O–H groups in total. The van der Waals surface area contributed by atoms with Crippen molar-refractivity contribution in [1.82, 2.24) is 14.7 Å². The second kappa shape index (κ2) is 10.5. The predicted molar refractivity (Wildman–Crippen MR) is 118 cm³/mol. The summed E-state index contributed by atoms with van der Waals surface area (Å²) in [5.74, 6) is 0. The Morgan fingerprint density at radius 3 is 2.46 bits per heavy atom. The third kappa shape index (κ3) is 5.90. The van der Waals surface area contributed by atoms with Gasteiger partial charge in [-0.3, -0.25) is 9.80 Å². The maximum Gasteiger partial charge on any atom is 0.0446 e. The van der Waals surface area contributed by atoms with E-state index in [2.05, 4.69) is 71.9 Å². The van der Waals surface area contributed by atoms with Crippen LogP contribution in [0.5, 0.6) is 0 Å². The van der Waals surface area contributed by atoms with Gasteiger partial charge in [-0.1, -0.05) is 42.0 Å². The standard InChI is InChI=1S/C24H39N3O/c1-20(2)26-12-9-23(10-13-26)27-15-14-25(19-24(27)11-16-28)18-21(3)17-22-7-5-4-6-8-22/h4-8,17,20,23-24,28H,9-16,18-19H2,1-3H3/b21-17+/t24-/m1/s1. The van der Waals surface area contributed by atoms with E-state index < -0.39 is 0 Å². The van der Waals surface area contributed by atoms with E-state index in [-0.39, 0.29) is 0 Å². The first-order valence-electron chi connectivity index (χ1n) is 11.1. The van der Waals surface area contributed by atoms with Crippen LogP contribution in [-0.2, 0) is 0 Å². The fourth-order valence-electron chi connectivity index (χ4n) is 4.93. The summed E-state index contributed by atoms with van der Waals surface area (Å²) < 4.78 is 0. The Morgan fingerprint density at radius 1 is 1.11 bits per heavy atom. The SMILES string of the molecule is C/C(=C\c1ccccc1)CN1CCN(C2CCN(C(C)C)CC2)[C@H](CCO)C1. The normalized spacial score (nSPS) is 24.2. The van der Waals surface area contributed by atoms with Crippen LogP contribution in [0.2, 0.25) is 0 Å². The smallest absolute Gasteiger partial charge is 0.0446 e. The highest BCUT2D eigenvalue weighted by atomic mass is 16.3. The number of benzene rings is 1. The highest BCUT2D eigenvalue weighted by Crippen LogP contribution is 2.24. The highest BCUT2D eigenvalue weighted by molar-refractivity contribution is 5.52. The van der Waals surface area contributed by atoms with Crippen LogP contribution in [0.3, 0.4) is 0 Å². The lowest BCUT2D eigenvalue weighted by Gasteiger charge is -2.48. The summed E-state index contributed by atoms with van der Waals surface area (Å²) >= 11 is 0. The number of likely N-dealkylation sites (tertiary alicyclic amines) is 1. The van der Waals surface area contributed by atoms with Gasteiger partial charge in [0.1, 0.15) is 0 Å². The fourth-order valence-corrected chi connectivity index (χ4v) is 4.93. The average molecular weight is 386 g/mol. The fraction of sp³-hybridized carbons (Fsp3) is 0.667. The minimum Gasteiger partial charge on any atom is -0.396 e. The lowest BCUT2D eigenvalue weighted by Crippen LogP contribution is -2.59. The Hall–Kier alpha value is -1.20. The number of rotatable bonds is 7. The van der Waals surface area contributed by atoms with E-state index in [0.717, 1.165) is 32.6 Å². The van der Waals surface area contributed by atoms with Crippen molar-refractivity contribution in [1.29, 1.82) is 0 Å². The van der Waals surface area contributed by atoms with Gasteiger partial charge in [-0.15, -0.1) is 0 Å². The molecule has 0 radical (unpaired) electrons. The minimum absolute atomic E-state index is 0.290. The largest absolute Gasteiger partial charge is 0.396 e. The quantitative estimate of drug-likeness (QED) is 0.780. The minimum atomic E-state index is 0.290. The zero-order valence-corrected chi connectivity index (χ0v) is 18.1. The van der Waals surface area contributed by atoms with Crippen LogP contribution in [0.25, 0.3) is 6.08 Å². The molecule has 2 aliphatic heterocycles. The first kappa shape index (κ1) is 21.5. The molecule has 3 rings (SSSR count). The summed E-state index contributed by atoms with van der Waals surface area (Å²) in [5, 5.41) is 9.65. The number of nitrogens with zero attached hydrogens (tertiary/aromatic N) is 3. The Labute approximate surface area is 171 Å². The van der Waals surface area contributed by atoms with Gasteiger partial charge in [0.05, 0.1) is 0 Å². The van der Waals surface area contributed by atoms with Crippen molar-refractivity contribution in [3.05, 3.63) is 41.5 Å². The molecular formula is C24H39N3O. The number of hydrogen-bond acceptors (Lipinski definition) is 4. The van der Waals surface area contributed by atoms with Gasteiger partial charge < -0.3 is 10.0 Å². The lowest BCUT2D eigenvalue weighted by molar-refractivity contribution is 0.00490. The molecule has 2 fully saturated rings. The summed E-state index contributed by atoms with van der Waals surface area (Å²) in [4.78, 5) is 7.90. The average Bonchev–Trinajstić information content (AvgIpc) is 2.69. The van der Waals surface area contributed by atoms with Crippen molar-refractivity contribution >= 4 is 6.08 Å². The first-order chi connectivity index (χ1) is 13.6. The molecule has 0 amide bonds. The molecule has 0 unspecified atom stereocenters. The molecule has 1 atom stereocenters. The van der Waals surface area contributed by atoms with Crippen molar-refractivity contribution in [3.8, 4) is 0 Å². The predicted octanol–water partition coefficient (Wildman–Crippen LogP) is 3.33. The molecule has 4 nitrogen and oxygen atoms in total. The Bertz CT molecular complexity index is 608. The highest BCUT2D eigenvalue weighted by Gasteiger charge is 2.33. The van der Waals surface area contributed by atoms with Crippen LogP contribution < -0.4 is 0 Å². The summed E-state index contributed by atoms with van der Waals surface area (Å²) in [7, 11) is 0. The van der Waals surface area contributed by atoms with Crippen LogP contribution in [0.1, 0.15) is 45.6 Å². The molecule has 0 spiro atoms. The zero-order chi connectivity index (χ0) is 19.9. The molecule has 156 valence electrons. The summed E-state index contributed by atoms with van der Waals surface area (Å²) in [6, 6.07) is 12.4. The van der Waals surface area contributed by atoms with Gasteiger partial charge in [-0.05, 0) is 58.7 Å². The van der Waals surface area contributed by atoms with E-state index >= 15 is 0 Å². The number of piperazine rings is 1. The Balaban J connectivity index is 1.56.